The summed E-state index contributed by atoms with van der Waals surface area (Å²) in [5, 5.41) is 6.50. The van der Waals surface area contributed by atoms with Crippen molar-refractivity contribution in [2.45, 2.75) is 19.9 Å². The van der Waals surface area contributed by atoms with Crippen LogP contribution in [-0.4, -0.2) is 17.9 Å². The minimum Gasteiger partial charge on any atom is -0.350 e. The van der Waals surface area contributed by atoms with Gasteiger partial charge in [0.25, 0.3) is 11.8 Å². The zero-order chi connectivity index (χ0) is 17.9. The average Bonchev–Trinajstić information content (AvgIpc) is 2.48. The summed E-state index contributed by atoms with van der Waals surface area (Å²) in [4.78, 5) is 24.7. The summed E-state index contributed by atoms with van der Waals surface area (Å²) in [5.74, 6) is -0.775. The Labute approximate surface area is 155 Å². The Kier molecular flexibility index (Phi) is 6.10. The molecule has 0 aromatic heterocycles. The Hall–Kier alpha value is -1.75. The summed E-state index contributed by atoms with van der Waals surface area (Å²) < 4.78 is 0. The van der Waals surface area contributed by atoms with Crippen LogP contribution < -0.4 is 10.6 Å². The number of carbonyl (C=O) groups is 2. The molecule has 0 aliphatic rings. The SMILES string of the molecule is CC(C)NC(=O)c1cc(Cl)ccc1NC(=O)c1ccc(Cl)cc1Cl. The van der Waals surface area contributed by atoms with Crippen molar-refractivity contribution in [2.75, 3.05) is 5.32 Å². The molecule has 126 valence electrons. The Balaban J connectivity index is 2.32. The largest absolute Gasteiger partial charge is 0.350 e. The first-order valence-electron chi connectivity index (χ1n) is 7.14. The molecule has 4 nitrogen and oxygen atoms in total. The van der Waals surface area contributed by atoms with E-state index < -0.39 is 5.91 Å². The van der Waals surface area contributed by atoms with E-state index in [1.165, 1.54) is 18.2 Å². The van der Waals surface area contributed by atoms with E-state index in [-0.39, 0.29) is 28.1 Å². The Morgan fingerprint density at radius 1 is 0.875 bits per heavy atom. The number of nitrogens with one attached hydrogen (secondary N) is 2. The zero-order valence-corrected chi connectivity index (χ0v) is 15.3. The van der Waals surface area contributed by atoms with Gasteiger partial charge in [0, 0.05) is 16.1 Å². The van der Waals surface area contributed by atoms with Gasteiger partial charge in [0.15, 0.2) is 0 Å². The third kappa shape index (κ3) is 4.63. The lowest BCUT2D eigenvalue weighted by molar-refractivity contribution is 0.0944. The molecule has 0 aliphatic heterocycles. The molecule has 0 atom stereocenters. The van der Waals surface area contributed by atoms with Crippen LogP contribution in [0.1, 0.15) is 34.6 Å². The van der Waals surface area contributed by atoms with Crippen LogP contribution in [0.25, 0.3) is 0 Å². The van der Waals surface area contributed by atoms with Gasteiger partial charge in [-0.3, -0.25) is 9.59 Å². The van der Waals surface area contributed by atoms with E-state index in [0.717, 1.165) is 0 Å². The van der Waals surface area contributed by atoms with Crippen molar-refractivity contribution in [2.24, 2.45) is 0 Å². The van der Waals surface area contributed by atoms with E-state index in [0.29, 0.717) is 15.7 Å². The summed E-state index contributed by atoms with van der Waals surface area (Å²) in [6.07, 6.45) is 0. The van der Waals surface area contributed by atoms with Crippen LogP contribution in [0.3, 0.4) is 0 Å². The van der Waals surface area contributed by atoms with Gasteiger partial charge in [0.2, 0.25) is 0 Å². The number of hydrogen-bond donors (Lipinski definition) is 2. The van der Waals surface area contributed by atoms with Crippen molar-refractivity contribution >= 4 is 52.3 Å². The highest BCUT2D eigenvalue weighted by Gasteiger charge is 2.17. The highest BCUT2D eigenvalue weighted by molar-refractivity contribution is 6.37. The van der Waals surface area contributed by atoms with Gasteiger partial charge < -0.3 is 10.6 Å². The van der Waals surface area contributed by atoms with Crippen LogP contribution >= 0.6 is 34.8 Å². The van der Waals surface area contributed by atoms with Gasteiger partial charge in [-0.05, 0) is 50.2 Å². The number of benzene rings is 2. The molecule has 2 aromatic rings. The van der Waals surface area contributed by atoms with Crippen molar-refractivity contribution in [1.82, 2.24) is 5.32 Å². The molecule has 0 fully saturated rings. The number of halogens is 3. The summed E-state index contributed by atoms with van der Waals surface area (Å²) in [7, 11) is 0. The van der Waals surface area contributed by atoms with E-state index in [9.17, 15) is 9.59 Å². The van der Waals surface area contributed by atoms with Crippen LogP contribution in [0, 0.1) is 0 Å². The Bertz CT molecular complexity index is 791. The van der Waals surface area contributed by atoms with Crippen molar-refractivity contribution in [3.63, 3.8) is 0 Å². The smallest absolute Gasteiger partial charge is 0.257 e. The minimum absolute atomic E-state index is 0.0502. The number of amides is 2. The van der Waals surface area contributed by atoms with Gasteiger partial charge in [-0.2, -0.15) is 0 Å². The second-order valence-corrected chi connectivity index (χ2v) is 6.68. The zero-order valence-electron chi connectivity index (χ0n) is 13.0. The summed E-state index contributed by atoms with van der Waals surface area (Å²) in [5.41, 5.74) is 0.870. The van der Waals surface area contributed by atoms with Crippen LogP contribution in [0.5, 0.6) is 0 Å². The first kappa shape index (κ1) is 18.6. The Morgan fingerprint density at radius 3 is 2.12 bits per heavy atom. The molecule has 2 amide bonds. The fraction of sp³-hybridized carbons (Fsp3) is 0.176. The molecule has 0 radical (unpaired) electrons. The van der Waals surface area contributed by atoms with E-state index in [1.807, 2.05) is 13.8 Å². The molecule has 2 aromatic carbocycles. The highest BCUT2D eigenvalue weighted by atomic mass is 35.5. The normalized spacial score (nSPS) is 10.6. The van der Waals surface area contributed by atoms with Gasteiger partial charge in [-0.15, -0.1) is 0 Å². The maximum Gasteiger partial charge on any atom is 0.257 e. The van der Waals surface area contributed by atoms with Crippen molar-refractivity contribution in [3.8, 4) is 0 Å². The molecule has 0 unspecified atom stereocenters. The van der Waals surface area contributed by atoms with Gasteiger partial charge >= 0.3 is 0 Å². The predicted octanol–water partition coefficient (Wildman–Crippen LogP) is 5.04. The first-order valence-corrected chi connectivity index (χ1v) is 8.28. The van der Waals surface area contributed by atoms with E-state index in [2.05, 4.69) is 10.6 Å². The molecule has 0 spiro atoms. The third-order valence-corrected chi connectivity index (χ3v) is 3.85. The quantitative estimate of drug-likeness (QED) is 0.775. The van der Waals surface area contributed by atoms with Crippen LogP contribution in [0.4, 0.5) is 5.69 Å². The highest BCUT2D eigenvalue weighted by Crippen LogP contribution is 2.25. The van der Waals surface area contributed by atoms with E-state index in [4.69, 9.17) is 34.8 Å². The van der Waals surface area contributed by atoms with Crippen molar-refractivity contribution < 1.29 is 9.59 Å². The maximum atomic E-state index is 12.4. The van der Waals surface area contributed by atoms with Crippen LogP contribution in [0.2, 0.25) is 15.1 Å². The van der Waals surface area contributed by atoms with Crippen molar-refractivity contribution in [3.05, 3.63) is 62.6 Å². The lowest BCUT2D eigenvalue weighted by atomic mass is 10.1. The topological polar surface area (TPSA) is 58.2 Å². The molecule has 2 N–H and O–H groups in total. The molecule has 0 saturated carbocycles. The molecule has 2 rings (SSSR count). The molecule has 24 heavy (non-hydrogen) atoms. The second-order valence-electron chi connectivity index (χ2n) is 5.40. The maximum absolute atomic E-state index is 12.4. The minimum atomic E-state index is -0.447. The fourth-order valence-corrected chi connectivity index (χ4v) is 2.68. The van der Waals surface area contributed by atoms with Gasteiger partial charge in [0.1, 0.15) is 0 Å². The third-order valence-electron chi connectivity index (χ3n) is 3.07. The summed E-state index contributed by atoms with van der Waals surface area (Å²) in [6, 6.07) is 9.17. The van der Waals surface area contributed by atoms with E-state index in [1.54, 1.807) is 18.2 Å². The van der Waals surface area contributed by atoms with Crippen molar-refractivity contribution in [1.29, 1.82) is 0 Å². The van der Waals surface area contributed by atoms with E-state index >= 15 is 0 Å². The second kappa shape index (κ2) is 7.88. The molecule has 0 aliphatic carbocycles. The molecule has 0 saturated heterocycles. The first-order chi connectivity index (χ1) is 11.3. The van der Waals surface area contributed by atoms with Gasteiger partial charge in [-0.25, -0.2) is 0 Å². The molecule has 0 heterocycles. The number of hydrogen-bond acceptors (Lipinski definition) is 2. The molecular formula is C17H15Cl3N2O2. The summed E-state index contributed by atoms with van der Waals surface area (Å²) in [6.45, 7) is 3.68. The fourth-order valence-electron chi connectivity index (χ4n) is 2.02. The van der Waals surface area contributed by atoms with Crippen LogP contribution in [0.15, 0.2) is 36.4 Å². The number of rotatable bonds is 4. The Morgan fingerprint density at radius 2 is 1.50 bits per heavy atom. The molecule has 0 bridgehead atoms. The lowest BCUT2D eigenvalue weighted by Crippen LogP contribution is -2.31. The van der Waals surface area contributed by atoms with Gasteiger partial charge in [0.05, 0.1) is 21.8 Å². The predicted molar refractivity (Wildman–Crippen MR) is 98.5 cm³/mol. The number of carbonyl (C=O) groups excluding carboxylic acids is 2. The monoisotopic (exact) mass is 384 g/mol. The summed E-state index contributed by atoms with van der Waals surface area (Å²) >= 11 is 17.8. The average molecular weight is 386 g/mol. The molecular weight excluding hydrogens is 371 g/mol. The van der Waals surface area contributed by atoms with Gasteiger partial charge in [-0.1, -0.05) is 34.8 Å². The molecule has 7 heteroatoms. The number of anilines is 1. The lowest BCUT2D eigenvalue weighted by Gasteiger charge is -2.14. The standard InChI is InChI=1S/C17H15Cl3N2O2/c1-9(2)21-17(24)13-7-10(18)4-6-15(13)22-16(23)12-5-3-11(19)8-14(12)20/h3-9H,1-2H3,(H,21,24)(H,22,23). The van der Waals surface area contributed by atoms with Crippen LogP contribution in [-0.2, 0) is 0 Å².